The number of rotatable bonds is 6. The second kappa shape index (κ2) is 7.33. The fourth-order valence-electron chi connectivity index (χ4n) is 3.28. The van der Waals surface area contributed by atoms with E-state index in [1.54, 1.807) is 13.3 Å². The molecule has 4 aromatic rings. The molecule has 0 saturated carbocycles. The van der Waals surface area contributed by atoms with E-state index >= 15 is 0 Å². The highest BCUT2D eigenvalue weighted by molar-refractivity contribution is 6.32. The fraction of sp³-hybridized carbons (Fsp3) is 0.136. The molecule has 0 unspecified atom stereocenters. The van der Waals surface area contributed by atoms with E-state index in [1.807, 2.05) is 36.4 Å². The molecule has 1 aromatic heterocycles. The second-order valence-corrected chi connectivity index (χ2v) is 6.50. The molecule has 5 heteroatoms. The van der Waals surface area contributed by atoms with Gasteiger partial charge in [-0.3, -0.25) is 4.79 Å². The summed E-state index contributed by atoms with van der Waals surface area (Å²) < 4.78 is 11.6. The number of hydrogen-bond acceptors (Lipinski definition) is 3. The molecule has 27 heavy (non-hydrogen) atoms. The molecule has 0 atom stereocenters. The van der Waals surface area contributed by atoms with Crippen molar-refractivity contribution in [2.24, 2.45) is 0 Å². The number of aromatic amines is 1. The van der Waals surface area contributed by atoms with Crippen molar-refractivity contribution in [1.82, 2.24) is 4.98 Å². The number of hydrogen-bond donors (Lipinski definition) is 1. The molecule has 3 aromatic carbocycles. The van der Waals surface area contributed by atoms with Crippen molar-refractivity contribution in [2.75, 3.05) is 13.0 Å². The van der Waals surface area contributed by atoms with E-state index in [-0.39, 0.29) is 11.7 Å². The first kappa shape index (κ1) is 17.4. The van der Waals surface area contributed by atoms with Gasteiger partial charge in [-0.25, -0.2) is 0 Å². The summed E-state index contributed by atoms with van der Waals surface area (Å²) in [4.78, 5) is 15.1. The lowest BCUT2D eigenvalue weighted by Gasteiger charge is -2.13. The highest BCUT2D eigenvalue weighted by Gasteiger charge is 2.15. The zero-order valence-electron chi connectivity index (χ0n) is 14.8. The highest BCUT2D eigenvalue weighted by Crippen LogP contribution is 2.34. The van der Waals surface area contributed by atoms with Gasteiger partial charge in [0.25, 0.3) is 0 Å². The molecule has 4 rings (SSSR count). The Morgan fingerprint density at radius 1 is 1.04 bits per heavy atom. The van der Waals surface area contributed by atoms with E-state index in [0.29, 0.717) is 23.7 Å². The monoisotopic (exact) mass is 379 g/mol. The van der Waals surface area contributed by atoms with Crippen LogP contribution in [-0.4, -0.2) is 23.8 Å². The number of methoxy groups -OCH3 is 1. The second-order valence-electron chi connectivity index (χ2n) is 6.23. The minimum absolute atomic E-state index is 0.0643. The minimum Gasteiger partial charge on any atom is -0.493 e. The average molecular weight is 380 g/mol. The third-order valence-corrected chi connectivity index (χ3v) is 4.89. The van der Waals surface area contributed by atoms with Crippen LogP contribution in [0.1, 0.15) is 15.9 Å². The summed E-state index contributed by atoms with van der Waals surface area (Å²) in [5.41, 5.74) is 2.44. The predicted octanol–water partition coefficient (Wildman–Crippen LogP) is 5.33. The molecule has 0 aliphatic rings. The summed E-state index contributed by atoms with van der Waals surface area (Å²) in [6.07, 6.45) is 1.67. The van der Waals surface area contributed by atoms with Crippen molar-refractivity contribution >= 4 is 39.1 Å². The summed E-state index contributed by atoms with van der Waals surface area (Å²) in [7, 11) is 1.60. The minimum atomic E-state index is -0.131. The maximum Gasteiger partial charge on any atom is 0.179 e. The summed E-state index contributed by atoms with van der Waals surface area (Å²) in [5, 5.41) is 3.09. The Labute approximate surface area is 161 Å². The van der Waals surface area contributed by atoms with Gasteiger partial charge < -0.3 is 14.5 Å². The first-order chi connectivity index (χ1) is 13.2. The fourth-order valence-corrected chi connectivity index (χ4v) is 3.42. The maximum absolute atomic E-state index is 12.1. The van der Waals surface area contributed by atoms with Gasteiger partial charge in [-0.05, 0) is 22.4 Å². The van der Waals surface area contributed by atoms with Gasteiger partial charge in [0.1, 0.15) is 6.61 Å². The lowest BCUT2D eigenvalue weighted by Crippen LogP contribution is -2.00. The van der Waals surface area contributed by atoms with Crippen LogP contribution in [0.25, 0.3) is 21.7 Å². The van der Waals surface area contributed by atoms with Crippen molar-refractivity contribution in [3.05, 3.63) is 71.9 Å². The third-order valence-electron chi connectivity index (χ3n) is 4.65. The molecule has 0 aliphatic carbocycles. The molecule has 136 valence electrons. The van der Waals surface area contributed by atoms with Crippen molar-refractivity contribution in [3.63, 3.8) is 0 Å². The molecule has 1 heterocycles. The quantitative estimate of drug-likeness (QED) is 0.364. The van der Waals surface area contributed by atoms with Crippen LogP contribution in [0.5, 0.6) is 11.5 Å². The summed E-state index contributed by atoms with van der Waals surface area (Å²) >= 11 is 5.72. The molecule has 0 radical (unpaired) electrons. The van der Waals surface area contributed by atoms with E-state index in [0.717, 1.165) is 21.9 Å². The van der Waals surface area contributed by atoms with Crippen LogP contribution < -0.4 is 9.47 Å². The highest BCUT2D eigenvalue weighted by atomic mass is 35.5. The van der Waals surface area contributed by atoms with Crippen LogP contribution in [0.2, 0.25) is 0 Å². The van der Waals surface area contributed by atoms with Crippen molar-refractivity contribution in [3.8, 4) is 11.5 Å². The maximum atomic E-state index is 12.1. The molecule has 0 fully saturated rings. The molecule has 0 bridgehead atoms. The summed E-state index contributed by atoms with van der Waals surface area (Å²) in [6, 6.07) is 18.0. The Kier molecular flexibility index (Phi) is 4.73. The van der Waals surface area contributed by atoms with E-state index < -0.39 is 0 Å². The van der Waals surface area contributed by atoms with E-state index in [1.165, 1.54) is 5.39 Å². The first-order valence-corrected chi connectivity index (χ1v) is 9.12. The van der Waals surface area contributed by atoms with Gasteiger partial charge >= 0.3 is 0 Å². The number of Topliss-reactive ketones (excluding diaryl/α,β-unsaturated/α-hetero) is 1. The number of nitrogens with one attached hydrogen (secondary N) is 1. The van der Waals surface area contributed by atoms with Crippen molar-refractivity contribution in [1.29, 1.82) is 0 Å². The van der Waals surface area contributed by atoms with Crippen LogP contribution >= 0.6 is 11.6 Å². The van der Waals surface area contributed by atoms with Gasteiger partial charge in [0.05, 0.1) is 18.5 Å². The Morgan fingerprint density at radius 3 is 2.67 bits per heavy atom. The largest absolute Gasteiger partial charge is 0.493 e. The molecule has 0 saturated heterocycles. The number of ketones is 1. The third kappa shape index (κ3) is 3.24. The van der Waals surface area contributed by atoms with E-state index in [9.17, 15) is 4.79 Å². The number of aromatic nitrogens is 1. The van der Waals surface area contributed by atoms with Crippen LogP contribution in [0.15, 0.2) is 60.8 Å². The van der Waals surface area contributed by atoms with Gasteiger partial charge in [0, 0.05) is 23.2 Å². The van der Waals surface area contributed by atoms with Crippen LogP contribution in [-0.2, 0) is 6.61 Å². The molecule has 0 aliphatic heterocycles. The van der Waals surface area contributed by atoms with Crippen LogP contribution in [0.4, 0.5) is 0 Å². The normalized spacial score (nSPS) is 11.0. The zero-order chi connectivity index (χ0) is 18.8. The van der Waals surface area contributed by atoms with Crippen LogP contribution in [0, 0.1) is 0 Å². The molecule has 1 N–H and O–H groups in total. The average Bonchev–Trinajstić information content (AvgIpc) is 3.13. The van der Waals surface area contributed by atoms with E-state index in [4.69, 9.17) is 21.1 Å². The lowest BCUT2D eigenvalue weighted by molar-refractivity contribution is 0.102. The summed E-state index contributed by atoms with van der Waals surface area (Å²) in [6.45, 7) is 0.395. The number of halogens is 1. The van der Waals surface area contributed by atoms with Gasteiger partial charge in [0.2, 0.25) is 0 Å². The van der Waals surface area contributed by atoms with Crippen LogP contribution in [0.3, 0.4) is 0 Å². The molecular formula is C22H18ClNO3. The van der Waals surface area contributed by atoms with Gasteiger partial charge in [0.15, 0.2) is 17.3 Å². The van der Waals surface area contributed by atoms with E-state index in [2.05, 4.69) is 23.2 Å². The Morgan fingerprint density at radius 2 is 1.85 bits per heavy atom. The molecule has 0 amide bonds. The Bertz CT molecular complexity index is 1130. The topological polar surface area (TPSA) is 51.3 Å². The number of alkyl halides is 1. The lowest BCUT2D eigenvalue weighted by atomic mass is 10.1. The van der Waals surface area contributed by atoms with Gasteiger partial charge in [-0.15, -0.1) is 11.6 Å². The number of carbonyl (C=O) groups is 1. The SMILES string of the molecule is COc1cc2[nH]cc(C(=O)CCl)c2cc1OCc1cccc2ccccc12. The van der Waals surface area contributed by atoms with Gasteiger partial charge in [-0.1, -0.05) is 42.5 Å². The number of carbonyl (C=O) groups excluding carboxylic acids is 1. The number of H-pyrrole nitrogens is 1. The molecule has 0 spiro atoms. The standard InChI is InChI=1S/C22H18ClNO3/c1-26-21-10-19-17(18(12-24-19)20(25)11-23)9-22(21)27-13-15-7-4-6-14-5-2-3-8-16(14)15/h2-10,12,24H,11,13H2,1H3. The Balaban J connectivity index is 1.71. The number of benzene rings is 3. The smallest absolute Gasteiger partial charge is 0.179 e. The molecular weight excluding hydrogens is 362 g/mol. The first-order valence-electron chi connectivity index (χ1n) is 8.59. The van der Waals surface area contributed by atoms with Gasteiger partial charge in [-0.2, -0.15) is 0 Å². The summed E-state index contributed by atoms with van der Waals surface area (Å²) in [5.74, 6) is 0.995. The predicted molar refractivity (Wildman–Crippen MR) is 108 cm³/mol. The zero-order valence-corrected chi connectivity index (χ0v) is 15.5. The number of fused-ring (bicyclic) bond motifs is 2. The Hall–Kier alpha value is -2.98. The van der Waals surface area contributed by atoms with Crippen molar-refractivity contribution in [2.45, 2.75) is 6.61 Å². The van der Waals surface area contributed by atoms with Crippen molar-refractivity contribution < 1.29 is 14.3 Å². The molecule has 4 nitrogen and oxygen atoms in total. The number of ether oxygens (including phenoxy) is 2.